The first-order valence-electron chi connectivity index (χ1n) is 40.0. The molecule has 30 heteroatoms. The number of hydrogen-bond donors (Lipinski definition) is 1. The quantitative estimate of drug-likeness (QED) is 0.0300. The molecule has 0 aliphatic carbocycles. The summed E-state index contributed by atoms with van der Waals surface area (Å²) in [5.74, 6) is -10.2. The van der Waals surface area contributed by atoms with Gasteiger partial charge in [0.2, 0.25) is 0 Å². The van der Waals surface area contributed by atoms with Gasteiger partial charge in [0.1, 0.15) is 42.3 Å². The Morgan fingerprint density at radius 3 is 1.75 bits per heavy atom. The number of cyclic esters (lactones) is 2. The number of fused-ring (bicyclic) bond motifs is 1. The number of carbonyl (C=O) groups is 9. The lowest BCUT2D eigenvalue weighted by Gasteiger charge is -2.47. The molecule has 0 spiro atoms. The summed E-state index contributed by atoms with van der Waals surface area (Å²) in [5.41, 5.74) is -2.32. The Morgan fingerprint density at radius 2 is 1.21 bits per heavy atom. The molecule has 29 nitrogen and oxygen atoms in total. The van der Waals surface area contributed by atoms with Crippen molar-refractivity contribution in [2.75, 3.05) is 49.0 Å². The van der Waals surface area contributed by atoms with Gasteiger partial charge in [0, 0.05) is 107 Å². The van der Waals surface area contributed by atoms with E-state index in [0.717, 1.165) is 21.5 Å². The second-order valence-corrected chi connectivity index (χ2v) is 33.2. The Balaban J connectivity index is 0.000000316. The molecule has 1 aromatic carbocycles. The van der Waals surface area contributed by atoms with E-state index in [1.165, 1.54) is 52.9 Å². The van der Waals surface area contributed by atoms with Crippen LogP contribution in [0.25, 0.3) is 11.3 Å². The molecule has 24 atom stereocenters. The SMILES string of the molecule is CC[C@H]1OC(=O)[C@H](C)C(=O)[C@H](C)[C@@H](O[C@@H]2O[C@H](C)C[C@H](N(C)C)[C@H]2O)[C@@](C)(OC)C[C@@H](C)C(=O)[C@H](C)[C@H]2N(CCCCn3cnc(-c4ccc(C)nc4)c3)C(=O)O[C@]12C.CC[C@H]1OC(=O)[C@H](C)C(=O)[C@H](C)[C@@H](O[C@@H]2O[C@H](C)C[C@H](N(C)C)[C@H]2OC(=O)c2ccccc2)[C@@](C)(OC)C[C@@H](C)C(=O)/C(C)=C/[C@]1(C)OC(=O)n1ccnc1.[B]. The fourth-order valence-electron chi connectivity index (χ4n) is 17.2. The molecule has 8 heterocycles. The zero-order chi connectivity index (χ0) is 84.4. The fourth-order valence-corrected chi connectivity index (χ4v) is 17.2. The van der Waals surface area contributed by atoms with Gasteiger partial charge in [-0.25, -0.2) is 28.9 Å². The van der Waals surface area contributed by atoms with Crippen LogP contribution in [0, 0.1) is 48.3 Å². The van der Waals surface area contributed by atoms with E-state index < -0.39 is 161 Å². The van der Waals surface area contributed by atoms with Gasteiger partial charge < -0.3 is 76.5 Å². The number of unbranched alkanes of at least 4 members (excludes halogenated alkanes) is 1. The van der Waals surface area contributed by atoms with Crippen molar-refractivity contribution in [3.8, 4) is 11.3 Å². The molecule has 3 radical (unpaired) electrons. The van der Waals surface area contributed by atoms with Gasteiger partial charge in [0.15, 0.2) is 47.2 Å². The monoisotopic (exact) mass is 1600 g/mol. The number of aliphatic hydroxyl groups is 1. The number of methoxy groups -OCH3 is 2. The van der Waals surface area contributed by atoms with Crippen LogP contribution in [-0.2, 0) is 87.4 Å². The second kappa shape index (κ2) is 40.0. The minimum Gasteiger partial charge on any atom is -0.458 e. The Hall–Kier alpha value is -7.94. The number of aromatic nitrogens is 5. The van der Waals surface area contributed by atoms with Crippen LogP contribution in [0.3, 0.4) is 0 Å². The minimum atomic E-state index is -1.61. The predicted octanol–water partition coefficient (Wildman–Crippen LogP) is 10.3. The highest BCUT2D eigenvalue weighted by molar-refractivity contribution is 6.01. The number of ketones is 4. The van der Waals surface area contributed by atoms with E-state index in [0.29, 0.717) is 44.3 Å². The highest BCUT2D eigenvalue weighted by Gasteiger charge is 2.61. The number of amides is 1. The van der Waals surface area contributed by atoms with Crippen molar-refractivity contribution in [3.05, 3.63) is 103 Å². The van der Waals surface area contributed by atoms with Gasteiger partial charge in [-0.3, -0.25) is 33.8 Å². The van der Waals surface area contributed by atoms with Crippen molar-refractivity contribution in [2.24, 2.45) is 41.4 Å². The van der Waals surface area contributed by atoms with Gasteiger partial charge in [0.05, 0.1) is 65.3 Å². The molecule has 0 bridgehead atoms. The van der Waals surface area contributed by atoms with Crippen LogP contribution in [0.1, 0.15) is 178 Å². The van der Waals surface area contributed by atoms with Crippen molar-refractivity contribution >= 4 is 61.6 Å². The van der Waals surface area contributed by atoms with Gasteiger partial charge in [0.25, 0.3) is 0 Å². The van der Waals surface area contributed by atoms with Gasteiger partial charge in [-0.15, -0.1) is 0 Å². The summed E-state index contributed by atoms with van der Waals surface area (Å²) < 4.78 is 71.7. The van der Waals surface area contributed by atoms with E-state index in [9.17, 15) is 48.3 Å². The van der Waals surface area contributed by atoms with E-state index in [1.54, 1.807) is 117 Å². The summed E-state index contributed by atoms with van der Waals surface area (Å²) in [5, 5.41) is 11.4. The lowest BCUT2D eigenvalue weighted by molar-refractivity contribution is -0.295. The largest absolute Gasteiger partial charge is 0.458 e. The number of benzene rings is 1. The van der Waals surface area contributed by atoms with Crippen LogP contribution < -0.4 is 0 Å². The lowest BCUT2D eigenvalue weighted by atomic mass is 9.73. The predicted molar refractivity (Wildman–Crippen MR) is 426 cm³/mol. The molecule has 1 amide bonds. The number of ether oxygens (including phenoxy) is 11. The zero-order valence-corrected chi connectivity index (χ0v) is 71.5. The summed E-state index contributed by atoms with van der Waals surface area (Å²) in [7, 11) is 10.5. The van der Waals surface area contributed by atoms with Crippen molar-refractivity contribution in [2.45, 2.75) is 278 Å². The Labute approximate surface area is 679 Å². The summed E-state index contributed by atoms with van der Waals surface area (Å²) >= 11 is 0. The van der Waals surface area contributed by atoms with Crippen LogP contribution in [-0.4, -0.2) is 256 Å². The first-order chi connectivity index (χ1) is 53.6. The van der Waals surface area contributed by atoms with Crippen molar-refractivity contribution in [3.63, 3.8) is 0 Å². The summed E-state index contributed by atoms with van der Waals surface area (Å²) in [4.78, 5) is 144. The van der Waals surface area contributed by atoms with Crippen molar-refractivity contribution in [1.82, 2.24) is 38.8 Å². The highest BCUT2D eigenvalue weighted by Crippen LogP contribution is 2.45. The highest BCUT2D eigenvalue weighted by atomic mass is 16.7. The maximum atomic E-state index is 14.7. The molecule has 5 aliphatic rings. The third-order valence-electron chi connectivity index (χ3n) is 23.9. The molecular formula is C85H124BN8O21. The molecule has 3 aromatic heterocycles. The van der Waals surface area contributed by atoms with E-state index in [1.807, 2.05) is 95.5 Å². The number of imidazole rings is 2. The first-order valence-corrected chi connectivity index (χ1v) is 40.0. The Bertz CT molecular complexity index is 3990. The average molecular weight is 1600 g/mol. The topological polar surface area (TPSA) is 334 Å². The number of aryl methyl sites for hydroxylation is 2. The van der Waals surface area contributed by atoms with Gasteiger partial charge >= 0.3 is 30.1 Å². The molecule has 5 aliphatic heterocycles. The molecule has 4 saturated heterocycles. The molecule has 9 rings (SSSR count). The number of likely N-dealkylation sites (N-methyl/N-ethyl adjacent to an activating group) is 2. The first kappa shape index (κ1) is 94.2. The van der Waals surface area contributed by atoms with Crippen LogP contribution in [0.4, 0.5) is 9.59 Å². The number of nitrogens with zero attached hydrogens (tertiary/aromatic N) is 8. The molecule has 4 fully saturated rings. The normalized spacial score (nSPS) is 35.3. The number of Topliss-reactive ketones (excluding diaryl/α,β-unsaturated/α-hetero) is 4. The Kier molecular flexibility index (Phi) is 32.8. The number of esters is 3. The fraction of sp³-hybridized carbons (Fsp3) is 0.671. The molecule has 1 N–H and O–H groups in total. The third kappa shape index (κ3) is 21.7. The summed E-state index contributed by atoms with van der Waals surface area (Å²) in [6, 6.07) is 11.1. The number of rotatable bonds is 19. The maximum absolute atomic E-state index is 14.7. The number of hydrogen-bond acceptors (Lipinski definition) is 26. The van der Waals surface area contributed by atoms with Crippen LogP contribution in [0.5, 0.6) is 0 Å². The van der Waals surface area contributed by atoms with E-state index in [-0.39, 0.29) is 75.5 Å². The second-order valence-electron chi connectivity index (χ2n) is 33.2. The summed E-state index contributed by atoms with van der Waals surface area (Å²) in [6.07, 6.45) is 3.75. The van der Waals surface area contributed by atoms with Crippen LogP contribution in [0.2, 0.25) is 0 Å². The smallest absolute Gasteiger partial charge is 0.420 e. The van der Waals surface area contributed by atoms with Gasteiger partial charge in [-0.2, -0.15) is 0 Å². The molecule has 115 heavy (non-hydrogen) atoms. The summed E-state index contributed by atoms with van der Waals surface area (Å²) in [6.45, 7) is 30.2. The zero-order valence-electron chi connectivity index (χ0n) is 71.5. The number of pyridine rings is 1. The molecule has 0 unspecified atom stereocenters. The standard InChI is InChI=1S/C44H67N5O10.C41H57N3O11.B/c1-13-34-44(9)38(49(42(54)59-44)19-15-14-18-48-23-32(46-24-48)31-17-16-26(3)45-22-31)28(5)35(50)25(2)21-43(8,55-12)39(29(6)36(51)30(7)40(53)57-34)58-41-37(52)33(47(10)11)20-27(4)56-41;1-12-31-40(7,55-39(49)44-19-18-42-23-44)21-24(2)32(45)25(3)22-41(8,50-11)35(27(5)33(46)28(6)36(47)52-31)54-38-34(30(43(9)10)20-26(4)51-38)53-37(48)29-16-14-13-15-17-29;/h16-17,22-25,27-30,33-34,37-39,41,52H,13-15,18-21H2,1-12H3;13-19,21,23,25-28,30-31,34-35,38H,12,20,22H2,1-11H3;/b;24-21+;/t25-,27-,28+,29+,30-,33+,34-,37-,38-,39-,41+,43+,44-;25-,26-,27+,28-,30+,31-,34-,35-,38+,40+,41+;/m11./s1. The van der Waals surface area contributed by atoms with E-state index in [4.69, 9.17) is 52.1 Å². The maximum Gasteiger partial charge on any atom is 0.420 e. The third-order valence-corrected chi connectivity index (χ3v) is 23.9. The van der Waals surface area contributed by atoms with E-state index in [2.05, 4.69) is 15.0 Å². The molecule has 4 aromatic rings. The molecule has 633 valence electrons. The minimum absolute atomic E-state index is 0. The van der Waals surface area contributed by atoms with Crippen molar-refractivity contribution < 1.29 is 100 Å². The molecular weight excluding hydrogens is 1480 g/mol. The number of allylic oxidation sites excluding steroid dienone is 1. The van der Waals surface area contributed by atoms with Crippen LogP contribution in [0.15, 0.2) is 91.6 Å². The number of aliphatic hydroxyl groups excluding tert-OH is 1. The van der Waals surface area contributed by atoms with Gasteiger partial charge in [-0.1, -0.05) is 66.7 Å². The lowest BCUT2D eigenvalue weighted by Crippen LogP contribution is -2.60. The average Bonchev–Trinajstić information content (AvgIpc) is 1.61. The van der Waals surface area contributed by atoms with Gasteiger partial charge in [-0.05, 0) is 185 Å². The molecule has 0 saturated carbocycles. The number of carbonyl (C=O) groups excluding carboxylic acids is 9. The Morgan fingerprint density at radius 1 is 0.661 bits per heavy atom. The van der Waals surface area contributed by atoms with Crippen molar-refractivity contribution in [1.29, 1.82) is 0 Å². The van der Waals surface area contributed by atoms with E-state index >= 15 is 0 Å². The van der Waals surface area contributed by atoms with Crippen LogP contribution >= 0.6 is 0 Å².